The number of ether oxygens (including phenoxy) is 2. The van der Waals surface area contributed by atoms with E-state index in [2.05, 4.69) is 0 Å². The molecule has 0 aliphatic carbocycles. The van der Waals surface area contributed by atoms with Crippen molar-refractivity contribution >= 4 is 11.8 Å². The first-order chi connectivity index (χ1) is 14.1. The number of fused-ring (bicyclic) bond motifs is 1. The smallest absolute Gasteiger partial charge is 0.253 e. The Labute approximate surface area is 171 Å². The van der Waals surface area contributed by atoms with E-state index in [0.717, 1.165) is 24.3 Å². The van der Waals surface area contributed by atoms with Crippen LogP contribution in [0.25, 0.3) is 0 Å². The highest BCUT2D eigenvalue weighted by Gasteiger charge is 2.26. The fourth-order valence-corrected chi connectivity index (χ4v) is 3.83. The zero-order valence-electron chi connectivity index (χ0n) is 16.7. The summed E-state index contributed by atoms with van der Waals surface area (Å²) in [5.74, 6) is 1.60. The molecule has 0 radical (unpaired) electrons. The maximum absolute atomic E-state index is 13.1. The van der Waals surface area contributed by atoms with Crippen LogP contribution in [-0.4, -0.2) is 54.0 Å². The van der Waals surface area contributed by atoms with Crippen molar-refractivity contribution in [2.24, 2.45) is 0 Å². The topological polar surface area (TPSA) is 59.1 Å². The van der Waals surface area contributed by atoms with Crippen LogP contribution in [-0.2, 0) is 11.3 Å². The van der Waals surface area contributed by atoms with Crippen LogP contribution in [0.15, 0.2) is 48.5 Å². The number of carbonyl (C=O) groups is 2. The number of nitrogens with zero attached hydrogens (tertiary/aromatic N) is 2. The molecule has 2 aliphatic rings. The SMILES string of the molecule is CCN(CC1COc2ccccc2O1)C(=O)c1cccc(CN2CCCC2=O)c1. The van der Waals surface area contributed by atoms with Crippen molar-refractivity contribution in [3.63, 3.8) is 0 Å². The average molecular weight is 394 g/mol. The highest BCUT2D eigenvalue weighted by atomic mass is 16.6. The number of likely N-dealkylation sites (N-methyl/N-ethyl adjacent to an activating group) is 1. The van der Waals surface area contributed by atoms with Gasteiger partial charge < -0.3 is 19.3 Å². The molecule has 2 heterocycles. The van der Waals surface area contributed by atoms with E-state index in [1.807, 2.05) is 60.4 Å². The van der Waals surface area contributed by atoms with Crippen LogP contribution in [0.1, 0.15) is 35.7 Å². The van der Waals surface area contributed by atoms with E-state index < -0.39 is 0 Å². The van der Waals surface area contributed by atoms with Gasteiger partial charge in [-0.1, -0.05) is 24.3 Å². The van der Waals surface area contributed by atoms with Crippen molar-refractivity contribution < 1.29 is 19.1 Å². The molecular weight excluding hydrogens is 368 g/mol. The van der Waals surface area contributed by atoms with Crippen molar-refractivity contribution in [1.29, 1.82) is 0 Å². The van der Waals surface area contributed by atoms with Crippen LogP contribution < -0.4 is 9.47 Å². The third-order valence-corrected chi connectivity index (χ3v) is 5.38. The second kappa shape index (κ2) is 8.55. The molecule has 0 saturated carbocycles. The third kappa shape index (κ3) is 4.36. The summed E-state index contributed by atoms with van der Waals surface area (Å²) < 4.78 is 11.8. The molecule has 2 aliphatic heterocycles. The lowest BCUT2D eigenvalue weighted by molar-refractivity contribution is -0.128. The van der Waals surface area contributed by atoms with Gasteiger partial charge in [-0.15, -0.1) is 0 Å². The second-order valence-corrected chi connectivity index (χ2v) is 7.46. The maximum Gasteiger partial charge on any atom is 0.253 e. The first-order valence-electron chi connectivity index (χ1n) is 10.2. The van der Waals surface area contributed by atoms with Gasteiger partial charge in [0.2, 0.25) is 5.91 Å². The summed E-state index contributed by atoms with van der Waals surface area (Å²) >= 11 is 0. The van der Waals surface area contributed by atoms with Crippen molar-refractivity contribution in [2.45, 2.75) is 32.4 Å². The minimum atomic E-state index is -0.209. The fraction of sp³-hybridized carbons (Fsp3) is 0.391. The van der Waals surface area contributed by atoms with Crippen LogP contribution in [0, 0.1) is 0 Å². The Hall–Kier alpha value is -3.02. The highest BCUT2D eigenvalue weighted by Crippen LogP contribution is 2.31. The Morgan fingerprint density at radius 3 is 2.76 bits per heavy atom. The molecule has 6 nitrogen and oxygen atoms in total. The lowest BCUT2D eigenvalue weighted by atomic mass is 10.1. The summed E-state index contributed by atoms with van der Waals surface area (Å²) in [6, 6.07) is 15.1. The molecule has 1 saturated heterocycles. The second-order valence-electron chi connectivity index (χ2n) is 7.46. The Morgan fingerprint density at radius 1 is 1.17 bits per heavy atom. The third-order valence-electron chi connectivity index (χ3n) is 5.38. The van der Waals surface area contributed by atoms with Gasteiger partial charge >= 0.3 is 0 Å². The number of benzene rings is 2. The lowest BCUT2D eigenvalue weighted by Crippen LogP contribution is -2.43. The monoisotopic (exact) mass is 394 g/mol. The van der Waals surface area contributed by atoms with Crippen molar-refractivity contribution in [1.82, 2.24) is 9.80 Å². The van der Waals surface area contributed by atoms with Gasteiger partial charge in [0, 0.05) is 31.6 Å². The molecule has 1 fully saturated rings. The van der Waals surface area contributed by atoms with Gasteiger partial charge in [-0.05, 0) is 43.2 Å². The first kappa shape index (κ1) is 19.3. The minimum Gasteiger partial charge on any atom is -0.486 e. The molecule has 0 spiro atoms. The summed E-state index contributed by atoms with van der Waals surface area (Å²) in [5, 5.41) is 0. The van der Waals surface area contributed by atoms with Crippen LogP contribution in [0.2, 0.25) is 0 Å². The first-order valence-corrected chi connectivity index (χ1v) is 10.2. The predicted octanol–water partition coefficient (Wildman–Crippen LogP) is 3.11. The fourth-order valence-electron chi connectivity index (χ4n) is 3.83. The van der Waals surface area contributed by atoms with E-state index in [9.17, 15) is 9.59 Å². The Morgan fingerprint density at radius 2 is 2.00 bits per heavy atom. The summed E-state index contributed by atoms with van der Waals surface area (Å²) in [7, 11) is 0. The largest absolute Gasteiger partial charge is 0.486 e. The molecule has 0 aromatic heterocycles. The van der Waals surface area contributed by atoms with Gasteiger partial charge in [0.1, 0.15) is 6.61 Å². The number of para-hydroxylation sites is 2. The van der Waals surface area contributed by atoms with Gasteiger partial charge in [0.05, 0.1) is 6.54 Å². The maximum atomic E-state index is 13.1. The molecule has 2 aromatic rings. The molecule has 2 amide bonds. The quantitative estimate of drug-likeness (QED) is 0.755. The summed E-state index contributed by atoms with van der Waals surface area (Å²) in [4.78, 5) is 28.6. The zero-order valence-corrected chi connectivity index (χ0v) is 16.7. The molecular formula is C23H26N2O4. The Balaban J connectivity index is 1.42. The zero-order chi connectivity index (χ0) is 20.2. The number of hydrogen-bond acceptors (Lipinski definition) is 4. The number of likely N-dealkylation sites (tertiary alicyclic amines) is 1. The van der Waals surface area contributed by atoms with Gasteiger partial charge in [-0.2, -0.15) is 0 Å². The van der Waals surface area contributed by atoms with E-state index >= 15 is 0 Å². The van der Waals surface area contributed by atoms with Gasteiger partial charge in [-0.3, -0.25) is 9.59 Å². The van der Waals surface area contributed by atoms with Gasteiger partial charge in [0.15, 0.2) is 17.6 Å². The Kier molecular flexibility index (Phi) is 5.69. The van der Waals surface area contributed by atoms with Crippen LogP contribution in [0.5, 0.6) is 11.5 Å². The molecule has 0 N–H and O–H groups in total. The molecule has 6 heteroatoms. The summed E-state index contributed by atoms with van der Waals surface area (Å²) in [5.41, 5.74) is 1.61. The standard InChI is InChI=1S/C23H26N2O4/c1-2-24(15-19-16-28-20-9-3-4-10-21(20)29-19)23(27)18-8-5-7-17(13-18)14-25-12-6-11-22(25)26/h3-5,7-10,13,19H,2,6,11-12,14-16H2,1H3. The van der Waals surface area contributed by atoms with E-state index in [1.165, 1.54) is 0 Å². The van der Waals surface area contributed by atoms with E-state index in [-0.39, 0.29) is 17.9 Å². The van der Waals surface area contributed by atoms with E-state index in [4.69, 9.17) is 9.47 Å². The van der Waals surface area contributed by atoms with E-state index in [1.54, 1.807) is 4.90 Å². The molecule has 29 heavy (non-hydrogen) atoms. The van der Waals surface area contributed by atoms with Gasteiger partial charge in [-0.25, -0.2) is 0 Å². The normalized spacial score (nSPS) is 18.0. The number of amides is 2. The molecule has 152 valence electrons. The van der Waals surface area contributed by atoms with E-state index in [0.29, 0.717) is 44.0 Å². The number of hydrogen-bond donors (Lipinski definition) is 0. The average Bonchev–Trinajstić information content (AvgIpc) is 3.16. The number of rotatable bonds is 6. The van der Waals surface area contributed by atoms with Crippen LogP contribution >= 0.6 is 0 Å². The van der Waals surface area contributed by atoms with Gasteiger partial charge in [0.25, 0.3) is 5.91 Å². The molecule has 2 aromatic carbocycles. The predicted molar refractivity (Wildman–Crippen MR) is 109 cm³/mol. The van der Waals surface area contributed by atoms with Crippen molar-refractivity contribution in [3.8, 4) is 11.5 Å². The summed E-state index contributed by atoms with van der Waals surface area (Å²) in [6.07, 6.45) is 1.32. The van der Waals surface area contributed by atoms with Crippen LogP contribution in [0.3, 0.4) is 0 Å². The highest BCUT2D eigenvalue weighted by molar-refractivity contribution is 5.94. The molecule has 1 atom stereocenters. The molecule has 4 rings (SSSR count). The van der Waals surface area contributed by atoms with Crippen molar-refractivity contribution in [3.05, 3.63) is 59.7 Å². The summed E-state index contributed by atoms with van der Waals surface area (Å²) in [6.45, 7) is 4.76. The van der Waals surface area contributed by atoms with Crippen LogP contribution in [0.4, 0.5) is 0 Å². The van der Waals surface area contributed by atoms with Crippen molar-refractivity contribution in [2.75, 3.05) is 26.2 Å². The molecule has 1 unspecified atom stereocenters. The lowest BCUT2D eigenvalue weighted by Gasteiger charge is -2.31. The minimum absolute atomic E-state index is 0.0374. The molecule has 0 bridgehead atoms. The Bertz CT molecular complexity index is 898. The number of carbonyl (C=O) groups excluding carboxylic acids is 2.